The first-order valence-electron chi connectivity index (χ1n) is 7.96. The van der Waals surface area contributed by atoms with Crippen molar-refractivity contribution in [2.45, 2.75) is 50.3 Å². The Morgan fingerprint density at radius 1 is 1.20 bits per heavy atom. The number of hydrogen-bond acceptors (Lipinski definition) is 3. The van der Waals surface area contributed by atoms with Crippen molar-refractivity contribution in [2.24, 2.45) is 0 Å². The van der Waals surface area contributed by atoms with Crippen LogP contribution in [0.15, 0.2) is 30.3 Å². The Morgan fingerprint density at radius 3 is 2.70 bits per heavy atom. The van der Waals surface area contributed by atoms with Gasteiger partial charge in [0.25, 0.3) is 0 Å². The van der Waals surface area contributed by atoms with E-state index in [0.29, 0.717) is 6.04 Å². The van der Waals surface area contributed by atoms with Gasteiger partial charge in [-0.3, -0.25) is 4.90 Å². The van der Waals surface area contributed by atoms with Gasteiger partial charge < -0.3 is 10.4 Å². The summed E-state index contributed by atoms with van der Waals surface area (Å²) in [6.07, 6.45) is 5.62. The van der Waals surface area contributed by atoms with E-state index >= 15 is 0 Å². The maximum atomic E-state index is 10.2. The van der Waals surface area contributed by atoms with E-state index in [0.717, 1.165) is 32.5 Å². The molecular weight excluding hydrogens is 248 g/mol. The Balaban J connectivity index is 1.46. The third-order valence-electron chi connectivity index (χ3n) is 4.76. The van der Waals surface area contributed by atoms with Crippen LogP contribution in [0.2, 0.25) is 0 Å². The maximum absolute atomic E-state index is 10.2. The predicted octanol–water partition coefficient (Wildman–Crippen LogP) is 2.16. The van der Waals surface area contributed by atoms with Gasteiger partial charge in [-0.15, -0.1) is 0 Å². The lowest BCUT2D eigenvalue weighted by Crippen LogP contribution is -2.52. The number of nitrogens with zero attached hydrogens (tertiary/aromatic N) is 1. The fourth-order valence-electron chi connectivity index (χ4n) is 3.30. The zero-order valence-electron chi connectivity index (χ0n) is 12.2. The lowest BCUT2D eigenvalue weighted by Gasteiger charge is -2.40. The minimum Gasteiger partial charge on any atom is -0.389 e. The van der Waals surface area contributed by atoms with E-state index < -0.39 is 5.60 Å². The van der Waals surface area contributed by atoms with Crippen LogP contribution in [0, 0.1) is 0 Å². The molecule has 2 N–H and O–H groups in total. The predicted molar refractivity (Wildman–Crippen MR) is 81.5 cm³/mol. The van der Waals surface area contributed by atoms with Crippen LogP contribution >= 0.6 is 0 Å². The molecule has 1 heterocycles. The molecule has 1 aromatic carbocycles. The van der Waals surface area contributed by atoms with Crippen LogP contribution in [-0.2, 0) is 6.54 Å². The topological polar surface area (TPSA) is 35.5 Å². The summed E-state index contributed by atoms with van der Waals surface area (Å²) in [6, 6.07) is 11.2. The zero-order chi connectivity index (χ0) is 13.8. The Kier molecular flexibility index (Phi) is 4.39. The molecule has 20 heavy (non-hydrogen) atoms. The van der Waals surface area contributed by atoms with Crippen molar-refractivity contribution < 1.29 is 5.11 Å². The van der Waals surface area contributed by atoms with Crippen molar-refractivity contribution in [1.82, 2.24) is 10.2 Å². The minimum atomic E-state index is -0.401. The second-order valence-electron chi connectivity index (χ2n) is 6.52. The fourth-order valence-corrected chi connectivity index (χ4v) is 3.30. The number of rotatable bonds is 5. The molecule has 3 rings (SSSR count). The van der Waals surface area contributed by atoms with Crippen LogP contribution in [0.25, 0.3) is 0 Å². The second kappa shape index (κ2) is 6.25. The molecule has 110 valence electrons. The van der Waals surface area contributed by atoms with E-state index in [1.807, 2.05) is 0 Å². The first-order valence-corrected chi connectivity index (χ1v) is 7.96. The van der Waals surface area contributed by atoms with Crippen molar-refractivity contribution in [1.29, 1.82) is 0 Å². The third kappa shape index (κ3) is 3.60. The average Bonchev–Trinajstić information content (AvgIpc) is 2.45. The van der Waals surface area contributed by atoms with E-state index in [4.69, 9.17) is 0 Å². The lowest BCUT2D eigenvalue weighted by atomic mass is 9.80. The summed E-state index contributed by atoms with van der Waals surface area (Å²) in [5, 5.41) is 13.8. The molecule has 0 radical (unpaired) electrons. The summed E-state index contributed by atoms with van der Waals surface area (Å²) in [5.74, 6) is 0. The van der Waals surface area contributed by atoms with Gasteiger partial charge in [-0.2, -0.15) is 0 Å². The standard InChI is InChI=1S/C17H26N2O/c20-17(9-5-10-17)14-18-16-8-4-11-19(13-16)12-15-6-2-1-3-7-15/h1-3,6-7,16,18,20H,4-5,8-14H2. The summed E-state index contributed by atoms with van der Waals surface area (Å²) in [7, 11) is 0. The number of piperidine rings is 1. The largest absolute Gasteiger partial charge is 0.389 e. The molecule has 2 aliphatic rings. The van der Waals surface area contributed by atoms with E-state index in [9.17, 15) is 5.11 Å². The van der Waals surface area contributed by atoms with E-state index in [-0.39, 0.29) is 0 Å². The van der Waals surface area contributed by atoms with Crippen LogP contribution in [0.3, 0.4) is 0 Å². The molecule has 1 unspecified atom stereocenters. The molecule has 0 aromatic heterocycles. The van der Waals surface area contributed by atoms with Crippen LogP contribution in [-0.4, -0.2) is 41.3 Å². The molecule has 1 aliphatic carbocycles. The summed E-state index contributed by atoms with van der Waals surface area (Å²) in [6.45, 7) is 4.11. The van der Waals surface area contributed by atoms with Crippen LogP contribution in [0.5, 0.6) is 0 Å². The van der Waals surface area contributed by atoms with Gasteiger partial charge in [0, 0.05) is 25.7 Å². The molecule has 0 amide bonds. The first kappa shape index (κ1) is 14.1. The van der Waals surface area contributed by atoms with Gasteiger partial charge in [-0.25, -0.2) is 0 Å². The maximum Gasteiger partial charge on any atom is 0.0771 e. The zero-order valence-corrected chi connectivity index (χ0v) is 12.2. The third-order valence-corrected chi connectivity index (χ3v) is 4.76. The Morgan fingerprint density at radius 2 is 2.00 bits per heavy atom. The molecule has 1 saturated carbocycles. The molecule has 0 spiro atoms. The number of hydrogen-bond donors (Lipinski definition) is 2. The van der Waals surface area contributed by atoms with Gasteiger partial charge in [0.15, 0.2) is 0 Å². The van der Waals surface area contributed by atoms with Gasteiger partial charge in [-0.1, -0.05) is 30.3 Å². The van der Waals surface area contributed by atoms with Crippen LogP contribution < -0.4 is 5.32 Å². The SMILES string of the molecule is OC1(CNC2CCCN(Cc3ccccc3)C2)CCC1. The molecule has 1 saturated heterocycles. The van der Waals surface area contributed by atoms with Crippen LogP contribution in [0.4, 0.5) is 0 Å². The minimum absolute atomic E-state index is 0.401. The van der Waals surface area contributed by atoms with Crippen molar-refractivity contribution in [3.8, 4) is 0 Å². The highest BCUT2D eigenvalue weighted by molar-refractivity contribution is 5.14. The molecule has 3 heteroatoms. The normalized spacial score (nSPS) is 26.1. The second-order valence-corrected chi connectivity index (χ2v) is 6.52. The monoisotopic (exact) mass is 274 g/mol. The van der Waals surface area contributed by atoms with E-state index in [1.165, 1.54) is 31.4 Å². The fraction of sp³-hybridized carbons (Fsp3) is 0.647. The first-order chi connectivity index (χ1) is 9.73. The molecular formula is C17H26N2O. The van der Waals surface area contributed by atoms with Gasteiger partial charge in [0.05, 0.1) is 5.60 Å². The lowest BCUT2D eigenvalue weighted by molar-refractivity contribution is -0.0349. The van der Waals surface area contributed by atoms with Crippen molar-refractivity contribution in [3.05, 3.63) is 35.9 Å². The van der Waals surface area contributed by atoms with Gasteiger partial charge >= 0.3 is 0 Å². The summed E-state index contributed by atoms with van der Waals surface area (Å²) in [5.41, 5.74) is 0.993. The number of aliphatic hydroxyl groups is 1. The molecule has 2 fully saturated rings. The highest BCUT2D eigenvalue weighted by Gasteiger charge is 2.34. The van der Waals surface area contributed by atoms with E-state index in [2.05, 4.69) is 40.5 Å². The van der Waals surface area contributed by atoms with Gasteiger partial charge in [0.2, 0.25) is 0 Å². The summed E-state index contributed by atoms with van der Waals surface area (Å²) < 4.78 is 0. The van der Waals surface area contributed by atoms with Gasteiger partial charge in [-0.05, 0) is 44.2 Å². The molecule has 1 atom stereocenters. The Labute approximate surface area is 122 Å². The quantitative estimate of drug-likeness (QED) is 0.863. The summed E-state index contributed by atoms with van der Waals surface area (Å²) in [4.78, 5) is 2.53. The van der Waals surface area contributed by atoms with Gasteiger partial charge in [0.1, 0.15) is 0 Å². The molecule has 0 bridgehead atoms. The van der Waals surface area contributed by atoms with Crippen molar-refractivity contribution in [3.63, 3.8) is 0 Å². The average molecular weight is 274 g/mol. The molecule has 1 aliphatic heterocycles. The van der Waals surface area contributed by atoms with Crippen LogP contribution in [0.1, 0.15) is 37.7 Å². The number of benzene rings is 1. The highest BCUT2D eigenvalue weighted by Crippen LogP contribution is 2.31. The highest BCUT2D eigenvalue weighted by atomic mass is 16.3. The van der Waals surface area contributed by atoms with Crippen molar-refractivity contribution >= 4 is 0 Å². The Hall–Kier alpha value is -0.900. The summed E-state index contributed by atoms with van der Waals surface area (Å²) >= 11 is 0. The van der Waals surface area contributed by atoms with Crippen molar-refractivity contribution in [2.75, 3.05) is 19.6 Å². The Bertz CT molecular complexity index is 416. The van der Waals surface area contributed by atoms with E-state index in [1.54, 1.807) is 0 Å². The smallest absolute Gasteiger partial charge is 0.0771 e. The molecule has 3 nitrogen and oxygen atoms in total. The number of nitrogens with one attached hydrogen (secondary N) is 1. The molecule has 1 aromatic rings. The number of likely N-dealkylation sites (tertiary alicyclic amines) is 1.